The van der Waals surface area contributed by atoms with E-state index in [-0.39, 0.29) is 11.6 Å². The average Bonchev–Trinajstić information content (AvgIpc) is 2.53. The maximum absolute atomic E-state index is 12.1. The molecule has 1 heterocycles. The van der Waals surface area contributed by atoms with Gasteiger partial charge in [0.05, 0.1) is 17.4 Å². The van der Waals surface area contributed by atoms with Crippen molar-refractivity contribution in [1.82, 2.24) is 15.3 Å². The second kappa shape index (κ2) is 7.51. The van der Waals surface area contributed by atoms with Crippen molar-refractivity contribution >= 4 is 29.1 Å². The highest BCUT2D eigenvalue weighted by Gasteiger charge is 2.15. The third-order valence-electron chi connectivity index (χ3n) is 2.81. The number of rotatable bonds is 5. The van der Waals surface area contributed by atoms with Crippen LogP contribution in [-0.4, -0.2) is 28.3 Å². The van der Waals surface area contributed by atoms with Crippen LogP contribution >= 0.6 is 11.6 Å². The Bertz CT molecular complexity index is 676. The molecule has 114 valence electrons. The number of anilines is 1. The molecule has 0 fully saturated rings. The molecule has 22 heavy (non-hydrogen) atoms. The van der Waals surface area contributed by atoms with E-state index in [1.165, 1.54) is 24.7 Å². The summed E-state index contributed by atoms with van der Waals surface area (Å²) in [6.07, 6.45) is 5.05. The topological polar surface area (TPSA) is 84.0 Å². The van der Waals surface area contributed by atoms with Gasteiger partial charge in [0.15, 0.2) is 0 Å². The third kappa shape index (κ3) is 4.02. The molecular formula is C15H15ClN4O2. The molecule has 2 N–H and O–H groups in total. The minimum absolute atomic E-state index is 0.155. The summed E-state index contributed by atoms with van der Waals surface area (Å²) in [4.78, 5) is 32.0. The molecule has 0 saturated carbocycles. The van der Waals surface area contributed by atoms with Crippen LogP contribution in [0.1, 0.15) is 34.2 Å². The molecule has 6 nitrogen and oxygen atoms in total. The van der Waals surface area contributed by atoms with Gasteiger partial charge in [-0.15, -0.1) is 0 Å². The lowest BCUT2D eigenvalue weighted by molar-refractivity contribution is 0.0954. The van der Waals surface area contributed by atoms with E-state index in [4.69, 9.17) is 11.6 Å². The van der Waals surface area contributed by atoms with Crippen molar-refractivity contribution < 1.29 is 9.59 Å². The number of nitrogens with one attached hydrogen (secondary N) is 2. The second-order valence-electron chi connectivity index (χ2n) is 4.49. The first-order valence-electron chi connectivity index (χ1n) is 6.77. The number of nitrogens with zero attached hydrogens (tertiary/aromatic N) is 2. The highest BCUT2D eigenvalue weighted by Crippen LogP contribution is 2.21. The highest BCUT2D eigenvalue weighted by molar-refractivity contribution is 6.31. The van der Waals surface area contributed by atoms with E-state index >= 15 is 0 Å². The lowest BCUT2D eigenvalue weighted by atomic mass is 10.1. The van der Waals surface area contributed by atoms with Crippen LogP contribution < -0.4 is 10.6 Å². The Hall–Kier alpha value is -2.47. The second-order valence-corrected chi connectivity index (χ2v) is 4.93. The van der Waals surface area contributed by atoms with Crippen molar-refractivity contribution in [2.45, 2.75) is 13.3 Å². The number of hydrogen-bond acceptors (Lipinski definition) is 4. The Morgan fingerprint density at radius 2 is 2.05 bits per heavy atom. The minimum Gasteiger partial charge on any atom is -0.352 e. The Morgan fingerprint density at radius 3 is 2.73 bits per heavy atom. The van der Waals surface area contributed by atoms with E-state index in [1.807, 2.05) is 6.92 Å². The molecule has 1 aromatic heterocycles. The summed E-state index contributed by atoms with van der Waals surface area (Å²) < 4.78 is 0. The summed E-state index contributed by atoms with van der Waals surface area (Å²) in [6, 6.07) is 4.69. The van der Waals surface area contributed by atoms with Crippen LogP contribution in [0, 0.1) is 0 Å². The maximum atomic E-state index is 12.1. The van der Waals surface area contributed by atoms with Gasteiger partial charge in [0.2, 0.25) is 0 Å². The number of amides is 2. The quantitative estimate of drug-likeness (QED) is 0.887. The van der Waals surface area contributed by atoms with Gasteiger partial charge in [-0.1, -0.05) is 18.5 Å². The number of benzene rings is 1. The van der Waals surface area contributed by atoms with Crippen LogP contribution in [0.4, 0.5) is 5.69 Å². The van der Waals surface area contributed by atoms with E-state index < -0.39 is 5.91 Å². The Balaban J connectivity index is 2.24. The van der Waals surface area contributed by atoms with Gasteiger partial charge in [0.25, 0.3) is 11.8 Å². The van der Waals surface area contributed by atoms with Crippen LogP contribution in [0.15, 0.2) is 36.8 Å². The summed E-state index contributed by atoms with van der Waals surface area (Å²) >= 11 is 5.94. The van der Waals surface area contributed by atoms with Crippen molar-refractivity contribution in [2.75, 3.05) is 11.9 Å². The smallest absolute Gasteiger partial charge is 0.275 e. The minimum atomic E-state index is -0.458. The zero-order valence-electron chi connectivity index (χ0n) is 12.0. The first-order valence-corrected chi connectivity index (χ1v) is 7.14. The zero-order valence-corrected chi connectivity index (χ0v) is 12.7. The normalized spacial score (nSPS) is 10.1. The SMILES string of the molecule is CCCNC(=O)c1ccc(Cl)cc1NC(=O)c1cnccn1. The zero-order chi connectivity index (χ0) is 15.9. The molecule has 0 atom stereocenters. The largest absolute Gasteiger partial charge is 0.352 e. The first kappa shape index (κ1) is 15.9. The molecule has 1 aromatic carbocycles. The molecule has 0 unspecified atom stereocenters. The fourth-order valence-electron chi connectivity index (χ4n) is 1.75. The lowest BCUT2D eigenvalue weighted by Gasteiger charge is -2.11. The van der Waals surface area contributed by atoms with Gasteiger partial charge in [-0.2, -0.15) is 0 Å². The van der Waals surface area contributed by atoms with Crippen molar-refractivity contribution in [3.8, 4) is 0 Å². The molecule has 0 aliphatic rings. The van der Waals surface area contributed by atoms with Crippen molar-refractivity contribution in [1.29, 1.82) is 0 Å². The molecule has 0 aliphatic carbocycles. The monoisotopic (exact) mass is 318 g/mol. The average molecular weight is 319 g/mol. The van der Waals surface area contributed by atoms with Gasteiger partial charge < -0.3 is 10.6 Å². The fraction of sp³-hybridized carbons (Fsp3) is 0.200. The Kier molecular flexibility index (Phi) is 5.43. The summed E-state index contributed by atoms with van der Waals surface area (Å²) in [7, 11) is 0. The molecule has 0 aliphatic heterocycles. The third-order valence-corrected chi connectivity index (χ3v) is 3.04. The predicted molar refractivity (Wildman–Crippen MR) is 84.1 cm³/mol. The standard InChI is InChI=1S/C15H15ClN4O2/c1-2-5-19-14(21)11-4-3-10(16)8-12(11)20-15(22)13-9-17-6-7-18-13/h3-4,6-9H,2,5H2,1H3,(H,19,21)(H,20,22). The van der Waals surface area contributed by atoms with E-state index in [2.05, 4.69) is 20.6 Å². The fourth-order valence-corrected chi connectivity index (χ4v) is 1.93. The molecule has 0 saturated heterocycles. The van der Waals surface area contributed by atoms with E-state index in [9.17, 15) is 9.59 Å². The van der Waals surface area contributed by atoms with E-state index in [1.54, 1.807) is 12.1 Å². The van der Waals surface area contributed by atoms with Crippen LogP contribution in [0.2, 0.25) is 5.02 Å². The van der Waals surface area contributed by atoms with Gasteiger partial charge in [-0.25, -0.2) is 4.98 Å². The summed E-state index contributed by atoms with van der Waals surface area (Å²) in [5.41, 5.74) is 0.828. The number of aromatic nitrogens is 2. The van der Waals surface area contributed by atoms with Crippen molar-refractivity contribution in [2.24, 2.45) is 0 Å². The molecular weight excluding hydrogens is 304 g/mol. The molecule has 2 rings (SSSR count). The molecule has 2 amide bonds. The first-order chi connectivity index (χ1) is 10.6. The Morgan fingerprint density at radius 1 is 1.23 bits per heavy atom. The van der Waals surface area contributed by atoms with Gasteiger partial charge >= 0.3 is 0 Å². The molecule has 0 bridgehead atoms. The number of carbonyl (C=O) groups is 2. The van der Waals surface area contributed by atoms with Gasteiger partial charge in [0.1, 0.15) is 5.69 Å². The molecule has 2 aromatic rings. The Labute approximate surface area is 132 Å². The molecule has 0 radical (unpaired) electrons. The van der Waals surface area contributed by atoms with Crippen LogP contribution in [0.25, 0.3) is 0 Å². The summed E-state index contributed by atoms with van der Waals surface area (Å²) in [5.74, 6) is -0.729. The van der Waals surface area contributed by atoms with Crippen molar-refractivity contribution in [3.05, 3.63) is 53.1 Å². The van der Waals surface area contributed by atoms with Gasteiger partial charge in [-0.3, -0.25) is 14.6 Å². The van der Waals surface area contributed by atoms with Crippen molar-refractivity contribution in [3.63, 3.8) is 0 Å². The van der Waals surface area contributed by atoms with E-state index in [0.717, 1.165) is 6.42 Å². The number of halogens is 1. The maximum Gasteiger partial charge on any atom is 0.275 e. The lowest BCUT2D eigenvalue weighted by Crippen LogP contribution is -2.26. The number of hydrogen-bond donors (Lipinski definition) is 2. The highest BCUT2D eigenvalue weighted by atomic mass is 35.5. The van der Waals surface area contributed by atoms with Crippen LogP contribution in [-0.2, 0) is 0 Å². The van der Waals surface area contributed by atoms with Gasteiger partial charge in [-0.05, 0) is 24.6 Å². The van der Waals surface area contributed by atoms with E-state index in [0.29, 0.717) is 22.8 Å². The van der Waals surface area contributed by atoms with Crippen LogP contribution in [0.3, 0.4) is 0 Å². The molecule has 0 spiro atoms. The van der Waals surface area contributed by atoms with Crippen LogP contribution in [0.5, 0.6) is 0 Å². The summed E-state index contributed by atoms with van der Waals surface area (Å²) in [6.45, 7) is 2.51. The van der Waals surface area contributed by atoms with Gasteiger partial charge in [0, 0.05) is 24.0 Å². The number of carbonyl (C=O) groups excluding carboxylic acids is 2. The summed E-state index contributed by atoms with van der Waals surface area (Å²) in [5, 5.41) is 5.82. The predicted octanol–water partition coefficient (Wildman–Crippen LogP) is 2.52. The molecule has 7 heteroatoms.